The molecule has 142 valence electrons. The van der Waals surface area contributed by atoms with Crippen LogP contribution in [0.5, 0.6) is 0 Å². The average Bonchev–Trinajstić information content (AvgIpc) is 3.26. The Labute approximate surface area is 176 Å². The van der Waals surface area contributed by atoms with E-state index in [4.69, 9.17) is 16.6 Å². The van der Waals surface area contributed by atoms with E-state index in [2.05, 4.69) is 31.0 Å². The molecular weight excluding hydrogens is 410 g/mol. The topological polar surface area (TPSA) is 46.1 Å². The Bertz CT molecular complexity index is 1140. The summed E-state index contributed by atoms with van der Waals surface area (Å²) in [5.74, 6) is -0.0161. The zero-order valence-corrected chi connectivity index (χ0v) is 17.9. The van der Waals surface area contributed by atoms with Crippen molar-refractivity contribution in [3.63, 3.8) is 0 Å². The minimum Gasteiger partial charge on any atom is -0.282 e. The molecule has 0 aliphatic carbocycles. The summed E-state index contributed by atoms with van der Waals surface area (Å²) in [6.07, 6.45) is 2.03. The van der Waals surface area contributed by atoms with E-state index in [1.165, 1.54) is 16.9 Å². The van der Waals surface area contributed by atoms with E-state index in [1.54, 1.807) is 22.4 Å². The van der Waals surface area contributed by atoms with Gasteiger partial charge in [0, 0.05) is 11.1 Å². The van der Waals surface area contributed by atoms with Crippen LogP contribution in [0.1, 0.15) is 21.7 Å². The Morgan fingerprint density at radius 3 is 2.71 bits per heavy atom. The largest absolute Gasteiger partial charge is 0.282 e. The molecule has 28 heavy (non-hydrogen) atoms. The Balaban J connectivity index is 1.71. The maximum atomic E-state index is 13.2. The van der Waals surface area contributed by atoms with Crippen molar-refractivity contribution in [2.75, 3.05) is 4.90 Å². The van der Waals surface area contributed by atoms with Gasteiger partial charge in [0.2, 0.25) is 5.91 Å². The van der Waals surface area contributed by atoms with Gasteiger partial charge in [-0.1, -0.05) is 35.1 Å². The van der Waals surface area contributed by atoms with Gasteiger partial charge in [-0.05, 0) is 55.3 Å². The molecule has 3 aromatic heterocycles. The molecule has 4 aromatic rings. The first-order chi connectivity index (χ1) is 13.5. The van der Waals surface area contributed by atoms with Crippen LogP contribution in [0.25, 0.3) is 10.2 Å². The molecule has 1 aromatic carbocycles. The Hall–Kier alpha value is -2.28. The number of halogens is 1. The number of amides is 1. The van der Waals surface area contributed by atoms with Crippen LogP contribution in [0.3, 0.4) is 0 Å². The van der Waals surface area contributed by atoms with Crippen molar-refractivity contribution < 1.29 is 4.79 Å². The number of pyridine rings is 1. The first kappa shape index (κ1) is 19.1. The number of thiophene rings is 1. The van der Waals surface area contributed by atoms with Gasteiger partial charge in [-0.15, -0.1) is 11.3 Å². The summed E-state index contributed by atoms with van der Waals surface area (Å²) in [7, 11) is 0. The molecular formula is C21H18ClN3OS2. The normalized spacial score (nSPS) is 11.1. The molecule has 0 saturated carbocycles. The van der Waals surface area contributed by atoms with Crippen molar-refractivity contribution in [3.8, 4) is 0 Å². The van der Waals surface area contributed by atoms with Crippen LogP contribution >= 0.6 is 34.3 Å². The highest BCUT2D eigenvalue weighted by atomic mass is 35.5. The first-order valence-corrected chi connectivity index (χ1v) is 10.8. The summed E-state index contributed by atoms with van der Waals surface area (Å²) in [5, 5.41) is 0.696. The molecule has 4 nitrogen and oxygen atoms in total. The standard InChI is InChI=1S/C21H18ClN3OS2/c1-13-9-14(2)20-17(10-13)24-21(28-20)25(12-15-5-3-4-8-23-15)19(26)11-16-6-7-18(22)27-16/h3-10H,11-12H2,1-2H3. The van der Waals surface area contributed by atoms with Crippen molar-refractivity contribution in [3.05, 3.63) is 74.7 Å². The van der Waals surface area contributed by atoms with Gasteiger partial charge < -0.3 is 0 Å². The summed E-state index contributed by atoms with van der Waals surface area (Å²) < 4.78 is 1.80. The molecule has 3 heterocycles. The number of rotatable bonds is 5. The van der Waals surface area contributed by atoms with E-state index in [0.29, 0.717) is 16.0 Å². The second-order valence-corrected chi connectivity index (χ2v) is 9.39. The van der Waals surface area contributed by atoms with Crippen LogP contribution in [0.15, 0.2) is 48.7 Å². The number of fused-ring (bicyclic) bond motifs is 1. The third-order valence-electron chi connectivity index (χ3n) is 4.34. The summed E-state index contributed by atoms with van der Waals surface area (Å²) >= 11 is 9.01. The molecule has 1 amide bonds. The first-order valence-electron chi connectivity index (χ1n) is 8.82. The predicted octanol–water partition coefficient (Wildman–Crippen LogP) is 5.80. The fraction of sp³-hybridized carbons (Fsp3) is 0.190. The van der Waals surface area contributed by atoms with Gasteiger partial charge >= 0.3 is 0 Å². The van der Waals surface area contributed by atoms with E-state index in [0.717, 1.165) is 26.4 Å². The zero-order valence-electron chi connectivity index (χ0n) is 15.5. The van der Waals surface area contributed by atoms with Gasteiger partial charge in [-0.2, -0.15) is 0 Å². The van der Waals surface area contributed by atoms with Gasteiger partial charge in [0.1, 0.15) is 0 Å². The Morgan fingerprint density at radius 1 is 1.14 bits per heavy atom. The van der Waals surface area contributed by atoms with Crippen LogP contribution in [0, 0.1) is 13.8 Å². The molecule has 4 rings (SSSR count). The maximum Gasteiger partial charge on any atom is 0.234 e. The van der Waals surface area contributed by atoms with Gasteiger partial charge in [-0.3, -0.25) is 14.7 Å². The third-order valence-corrected chi connectivity index (χ3v) is 6.80. The van der Waals surface area contributed by atoms with E-state index >= 15 is 0 Å². The number of hydrogen-bond donors (Lipinski definition) is 0. The van der Waals surface area contributed by atoms with E-state index < -0.39 is 0 Å². The van der Waals surface area contributed by atoms with Gasteiger partial charge in [-0.25, -0.2) is 4.98 Å². The van der Waals surface area contributed by atoms with Crippen LogP contribution in [-0.2, 0) is 17.8 Å². The van der Waals surface area contributed by atoms with E-state index in [9.17, 15) is 4.79 Å². The molecule has 7 heteroatoms. The molecule has 0 N–H and O–H groups in total. The minimum atomic E-state index is -0.0161. The average molecular weight is 428 g/mol. The fourth-order valence-electron chi connectivity index (χ4n) is 3.09. The lowest BCUT2D eigenvalue weighted by molar-refractivity contribution is -0.118. The quantitative estimate of drug-likeness (QED) is 0.404. The molecule has 0 aliphatic heterocycles. The highest BCUT2D eigenvalue weighted by Gasteiger charge is 2.22. The lowest BCUT2D eigenvalue weighted by Gasteiger charge is -2.19. The molecule has 0 fully saturated rings. The fourth-order valence-corrected chi connectivity index (χ4v) is 5.20. The highest BCUT2D eigenvalue weighted by molar-refractivity contribution is 7.22. The molecule has 0 atom stereocenters. The number of benzene rings is 1. The summed E-state index contributed by atoms with van der Waals surface area (Å²) in [5.41, 5.74) is 4.09. The van der Waals surface area contributed by atoms with E-state index in [-0.39, 0.29) is 12.3 Å². The van der Waals surface area contributed by atoms with Crippen molar-refractivity contribution in [2.24, 2.45) is 0 Å². The molecule has 0 unspecified atom stereocenters. The number of carbonyl (C=O) groups is 1. The number of hydrogen-bond acceptors (Lipinski definition) is 5. The highest BCUT2D eigenvalue weighted by Crippen LogP contribution is 2.33. The third kappa shape index (κ3) is 4.09. The van der Waals surface area contributed by atoms with Crippen molar-refractivity contribution in [2.45, 2.75) is 26.8 Å². The predicted molar refractivity (Wildman–Crippen MR) is 118 cm³/mol. The second kappa shape index (κ2) is 7.99. The molecule has 0 aliphatic rings. The second-order valence-electron chi connectivity index (χ2n) is 6.61. The minimum absolute atomic E-state index is 0.0161. The van der Waals surface area contributed by atoms with Gasteiger partial charge in [0.05, 0.1) is 33.2 Å². The Morgan fingerprint density at radius 2 is 2.00 bits per heavy atom. The zero-order chi connectivity index (χ0) is 19.7. The van der Waals surface area contributed by atoms with Crippen molar-refractivity contribution in [1.82, 2.24) is 9.97 Å². The lowest BCUT2D eigenvalue weighted by atomic mass is 10.1. The molecule has 0 spiro atoms. The molecule has 0 saturated heterocycles. The number of aromatic nitrogens is 2. The molecule has 0 radical (unpaired) electrons. The Kier molecular flexibility index (Phi) is 5.44. The van der Waals surface area contributed by atoms with Crippen molar-refractivity contribution in [1.29, 1.82) is 0 Å². The number of carbonyl (C=O) groups excluding carboxylic acids is 1. The molecule has 0 bridgehead atoms. The number of thiazole rings is 1. The lowest BCUT2D eigenvalue weighted by Crippen LogP contribution is -2.31. The van der Waals surface area contributed by atoms with E-state index in [1.807, 2.05) is 30.3 Å². The van der Waals surface area contributed by atoms with Crippen LogP contribution < -0.4 is 4.90 Å². The monoisotopic (exact) mass is 427 g/mol. The summed E-state index contributed by atoms with van der Waals surface area (Å²) in [4.78, 5) is 25.0. The number of anilines is 1. The van der Waals surface area contributed by atoms with Gasteiger partial charge in [0.25, 0.3) is 0 Å². The SMILES string of the molecule is Cc1cc(C)c2sc(N(Cc3ccccn3)C(=O)Cc3ccc(Cl)s3)nc2c1. The summed E-state index contributed by atoms with van der Waals surface area (Å²) in [6.45, 7) is 4.52. The van der Waals surface area contributed by atoms with Crippen LogP contribution in [0.4, 0.5) is 5.13 Å². The van der Waals surface area contributed by atoms with Crippen LogP contribution in [-0.4, -0.2) is 15.9 Å². The summed E-state index contributed by atoms with van der Waals surface area (Å²) in [6, 6.07) is 13.6. The maximum absolute atomic E-state index is 13.2. The number of nitrogens with zero attached hydrogens (tertiary/aromatic N) is 3. The van der Waals surface area contributed by atoms with Gasteiger partial charge in [0.15, 0.2) is 5.13 Å². The van der Waals surface area contributed by atoms with Crippen molar-refractivity contribution >= 4 is 55.5 Å². The number of aryl methyl sites for hydroxylation is 2. The van der Waals surface area contributed by atoms with Crippen LogP contribution in [0.2, 0.25) is 4.34 Å². The smallest absolute Gasteiger partial charge is 0.234 e.